The Labute approximate surface area is 125 Å². The van der Waals surface area contributed by atoms with Crippen molar-refractivity contribution < 1.29 is 9.53 Å². The molecular formula is C15H21ClN2O2. The van der Waals surface area contributed by atoms with Crippen molar-refractivity contribution >= 4 is 17.6 Å². The molecule has 0 aromatic heterocycles. The standard InChI is InChI=1S/C15H21ClN2O2/c16-13-5-7-14(8-6-13)20-12-9-17-15(19)18-10-3-1-2-4-11-18/h5-8H,1-4,9-12H2,(H,17,19). The van der Waals surface area contributed by atoms with Crippen LogP contribution in [0.15, 0.2) is 24.3 Å². The highest BCUT2D eigenvalue weighted by Crippen LogP contribution is 2.15. The van der Waals surface area contributed by atoms with E-state index in [9.17, 15) is 4.79 Å². The third-order valence-corrected chi connectivity index (χ3v) is 3.61. The average Bonchev–Trinajstić information content (AvgIpc) is 2.74. The second-order valence-electron chi connectivity index (χ2n) is 4.94. The first kappa shape index (κ1) is 15.0. The van der Waals surface area contributed by atoms with E-state index < -0.39 is 0 Å². The predicted octanol–water partition coefficient (Wildman–Crippen LogP) is 3.30. The molecule has 1 aromatic rings. The summed E-state index contributed by atoms with van der Waals surface area (Å²) in [7, 11) is 0. The summed E-state index contributed by atoms with van der Waals surface area (Å²) in [6.07, 6.45) is 4.66. The van der Waals surface area contributed by atoms with E-state index in [0.29, 0.717) is 18.2 Å². The topological polar surface area (TPSA) is 41.6 Å². The molecule has 1 N–H and O–H groups in total. The smallest absolute Gasteiger partial charge is 0.317 e. The Balaban J connectivity index is 1.64. The van der Waals surface area contributed by atoms with E-state index >= 15 is 0 Å². The quantitative estimate of drug-likeness (QED) is 0.866. The van der Waals surface area contributed by atoms with Gasteiger partial charge in [-0.05, 0) is 37.1 Å². The molecular weight excluding hydrogens is 276 g/mol. The first-order valence-corrected chi connectivity index (χ1v) is 7.54. The Morgan fingerprint density at radius 1 is 1.15 bits per heavy atom. The van der Waals surface area contributed by atoms with Crippen LogP contribution in [0.2, 0.25) is 5.02 Å². The first-order chi connectivity index (χ1) is 9.75. The first-order valence-electron chi connectivity index (χ1n) is 7.17. The van der Waals surface area contributed by atoms with Crippen LogP contribution in [0.3, 0.4) is 0 Å². The fourth-order valence-electron chi connectivity index (χ4n) is 2.24. The van der Waals surface area contributed by atoms with Crippen molar-refractivity contribution in [2.75, 3.05) is 26.2 Å². The van der Waals surface area contributed by atoms with Crippen LogP contribution >= 0.6 is 11.6 Å². The highest BCUT2D eigenvalue weighted by Gasteiger charge is 2.14. The highest BCUT2D eigenvalue weighted by molar-refractivity contribution is 6.30. The van der Waals surface area contributed by atoms with E-state index in [2.05, 4.69) is 5.32 Å². The van der Waals surface area contributed by atoms with Crippen molar-refractivity contribution in [1.82, 2.24) is 10.2 Å². The number of hydrogen-bond acceptors (Lipinski definition) is 2. The molecule has 0 atom stereocenters. The van der Waals surface area contributed by atoms with Gasteiger partial charge in [0.1, 0.15) is 12.4 Å². The van der Waals surface area contributed by atoms with Crippen LogP contribution in [0.1, 0.15) is 25.7 Å². The lowest BCUT2D eigenvalue weighted by Crippen LogP contribution is -2.41. The van der Waals surface area contributed by atoms with Crippen molar-refractivity contribution in [1.29, 1.82) is 0 Å². The van der Waals surface area contributed by atoms with Gasteiger partial charge in [0.15, 0.2) is 0 Å². The van der Waals surface area contributed by atoms with Crippen molar-refractivity contribution in [2.24, 2.45) is 0 Å². The normalized spacial score (nSPS) is 15.6. The summed E-state index contributed by atoms with van der Waals surface area (Å²) in [6.45, 7) is 2.70. The summed E-state index contributed by atoms with van der Waals surface area (Å²) in [5.41, 5.74) is 0. The molecule has 1 aliphatic rings. The third kappa shape index (κ3) is 4.93. The van der Waals surface area contributed by atoms with Crippen molar-refractivity contribution in [2.45, 2.75) is 25.7 Å². The Hall–Kier alpha value is -1.42. The van der Waals surface area contributed by atoms with Gasteiger partial charge in [-0.2, -0.15) is 0 Å². The van der Waals surface area contributed by atoms with E-state index in [-0.39, 0.29) is 6.03 Å². The summed E-state index contributed by atoms with van der Waals surface area (Å²) in [5.74, 6) is 0.762. The fourth-order valence-corrected chi connectivity index (χ4v) is 2.37. The molecule has 0 spiro atoms. The van der Waals surface area contributed by atoms with E-state index in [4.69, 9.17) is 16.3 Å². The second-order valence-corrected chi connectivity index (χ2v) is 5.37. The van der Waals surface area contributed by atoms with Crippen molar-refractivity contribution in [3.05, 3.63) is 29.3 Å². The zero-order chi connectivity index (χ0) is 14.2. The number of nitrogens with zero attached hydrogens (tertiary/aromatic N) is 1. The maximum atomic E-state index is 11.9. The van der Waals surface area contributed by atoms with Crippen LogP contribution in [0.4, 0.5) is 4.79 Å². The van der Waals surface area contributed by atoms with Crippen LogP contribution in [-0.4, -0.2) is 37.2 Å². The average molecular weight is 297 g/mol. The molecule has 1 fully saturated rings. The van der Waals surface area contributed by atoms with Crippen molar-refractivity contribution in [3.63, 3.8) is 0 Å². The zero-order valence-electron chi connectivity index (χ0n) is 11.6. The predicted molar refractivity (Wildman–Crippen MR) is 80.4 cm³/mol. The lowest BCUT2D eigenvalue weighted by Gasteiger charge is -2.20. The number of carbonyl (C=O) groups is 1. The second kappa shape index (κ2) is 8.00. The molecule has 1 aromatic carbocycles. The van der Waals surface area contributed by atoms with E-state index in [1.165, 1.54) is 12.8 Å². The third-order valence-electron chi connectivity index (χ3n) is 3.35. The van der Waals surface area contributed by atoms with Gasteiger partial charge in [0.25, 0.3) is 0 Å². The number of likely N-dealkylation sites (tertiary alicyclic amines) is 1. The molecule has 0 unspecified atom stereocenters. The maximum absolute atomic E-state index is 11.9. The van der Waals surface area contributed by atoms with Gasteiger partial charge in [0, 0.05) is 18.1 Å². The van der Waals surface area contributed by atoms with E-state index in [0.717, 1.165) is 31.7 Å². The number of carbonyl (C=O) groups excluding carboxylic acids is 1. The number of rotatable bonds is 4. The van der Waals surface area contributed by atoms with Gasteiger partial charge in [-0.1, -0.05) is 24.4 Å². The van der Waals surface area contributed by atoms with E-state index in [1.807, 2.05) is 17.0 Å². The number of amides is 2. The highest BCUT2D eigenvalue weighted by atomic mass is 35.5. The van der Waals surface area contributed by atoms with Gasteiger partial charge >= 0.3 is 6.03 Å². The van der Waals surface area contributed by atoms with Crippen LogP contribution in [0, 0.1) is 0 Å². The number of hydrogen-bond donors (Lipinski definition) is 1. The summed E-state index contributed by atoms with van der Waals surface area (Å²) >= 11 is 5.80. The molecule has 0 saturated carbocycles. The number of nitrogens with one attached hydrogen (secondary N) is 1. The molecule has 110 valence electrons. The number of benzene rings is 1. The number of halogens is 1. The van der Waals surface area contributed by atoms with Gasteiger partial charge in [-0.15, -0.1) is 0 Å². The van der Waals surface area contributed by atoms with Gasteiger partial charge in [-0.25, -0.2) is 4.79 Å². The molecule has 2 rings (SSSR count). The minimum atomic E-state index is 0.0200. The minimum absolute atomic E-state index is 0.0200. The van der Waals surface area contributed by atoms with Gasteiger partial charge in [0.05, 0.1) is 6.54 Å². The van der Waals surface area contributed by atoms with Crippen LogP contribution in [0.5, 0.6) is 5.75 Å². The lowest BCUT2D eigenvalue weighted by molar-refractivity contribution is 0.196. The minimum Gasteiger partial charge on any atom is -0.492 e. The Kier molecular flexibility index (Phi) is 5.99. The van der Waals surface area contributed by atoms with Gasteiger partial charge in [-0.3, -0.25) is 0 Å². The van der Waals surface area contributed by atoms with Gasteiger partial charge in [0.2, 0.25) is 0 Å². The van der Waals surface area contributed by atoms with Crippen LogP contribution in [-0.2, 0) is 0 Å². The molecule has 1 aliphatic heterocycles. The zero-order valence-corrected chi connectivity index (χ0v) is 12.4. The molecule has 1 saturated heterocycles. The van der Waals surface area contributed by atoms with Crippen molar-refractivity contribution in [3.8, 4) is 5.75 Å². The molecule has 0 aliphatic carbocycles. The SMILES string of the molecule is O=C(NCCOc1ccc(Cl)cc1)N1CCCCCC1. The van der Waals surface area contributed by atoms with Gasteiger partial charge < -0.3 is 15.0 Å². The van der Waals surface area contributed by atoms with Crippen LogP contribution < -0.4 is 10.1 Å². The molecule has 4 nitrogen and oxygen atoms in total. The lowest BCUT2D eigenvalue weighted by atomic mass is 10.2. The molecule has 0 bridgehead atoms. The molecule has 0 radical (unpaired) electrons. The number of urea groups is 1. The number of ether oxygens (including phenoxy) is 1. The molecule has 20 heavy (non-hydrogen) atoms. The summed E-state index contributed by atoms with van der Waals surface area (Å²) in [6, 6.07) is 7.23. The summed E-state index contributed by atoms with van der Waals surface area (Å²) in [4.78, 5) is 13.8. The summed E-state index contributed by atoms with van der Waals surface area (Å²) in [5, 5.41) is 3.58. The van der Waals surface area contributed by atoms with E-state index in [1.54, 1.807) is 12.1 Å². The maximum Gasteiger partial charge on any atom is 0.317 e. The Morgan fingerprint density at radius 3 is 2.45 bits per heavy atom. The van der Waals surface area contributed by atoms with Crippen LogP contribution in [0.25, 0.3) is 0 Å². The monoisotopic (exact) mass is 296 g/mol. The molecule has 2 amide bonds. The fraction of sp³-hybridized carbons (Fsp3) is 0.533. The Bertz CT molecular complexity index is 414. The molecule has 1 heterocycles. The molecule has 5 heteroatoms. The summed E-state index contributed by atoms with van der Waals surface area (Å²) < 4.78 is 5.53. The largest absolute Gasteiger partial charge is 0.492 e. The Morgan fingerprint density at radius 2 is 1.80 bits per heavy atom.